The van der Waals surface area contributed by atoms with Gasteiger partial charge in [0.25, 0.3) is 0 Å². The molecule has 0 saturated carbocycles. The topological polar surface area (TPSA) is 80.4 Å². The lowest BCUT2D eigenvalue weighted by molar-refractivity contribution is -0.524. The minimum atomic E-state index is -0.965. The van der Waals surface area contributed by atoms with Gasteiger partial charge in [-0.05, 0) is 6.42 Å². The van der Waals surface area contributed by atoms with Crippen molar-refractivity contribution in [2.45, 2.75) is 51.5 Å². The van der Waals surface area contributed by atoms with Gasteiger partial charge >= 0.3 is 5.97 Å². The summed E-state index contributed by atoms with van der Waals surface area (Å²) >= 11 is 0. The van der Waals surface area contributed by atoms with Crippen LogP contribution in [0.5, 0.6) is 0 Å². The fourth-order valence-electron chi connectivity index (χ4n) is 1.28. The van der Waals surface area contributed by atoms with E-state index in [4.69, 9.17) is 5.11 Å². The zero-order valence-electron chi connectivity index (χ0n) is 8.44. The Kier molecular flexibility index (Phi) is 6.70. The molecule has 82 valence electrons. The third-order valence-corrected chi connectivity index (χ3v) is 2.13. The van der Waals surface area contributed by atoms with Crippen molar-refractivity contribution < 1.29 is 14.8 Å². The molecular formula is C9H17NO4. The van der Waals surface area contributed by atoms with E-state index < -0.39 is 12.0 Å². The van der Waals surface area contributed by atoms with E-state index in [0.29, 0.717) is 6.42 Å². The molecular weight excluding hydrogens is 186 g/mol. The lowest BCUT2D eigenvalue weighted by Crippen LogP contribution is -2.20. The number of hydrogen-bond acceptors (Lipinski definition) is 3. The highest BCUT2D eigenvalue weighted by atomic mass is 16.6. The van der Waals surface area contributed by atoms with Gasteiger partial charge in [-0.3, -0.25) is 14.9 Å². The minimum Gasteiger partial charge on any atom is -0.481 e. The molecule has 0 saturated heterocycles. The summed E-state index contributed by atoms with van der Waals surface area (Å²) in [4.78, 5) is 20.4. The van der Waals surface area contributed by atoms with Crippen molar-refractivity contribution in [1.82, 2.24) is 0 Å². The maximum atomic E-state index is 10.5. The van der Waals surface area contributed by atoms with Crippen LogP contribution in [-0.4, -0.2) is 22.0 Å². The number of nitrogens with zero attached hydrogens (tertiary/aromatic N) is 1. The first-order valence-corrected chi connectivity index (χ1v) is 4.93. The molecule has 0 aliphatic carbocycles. The van der Waals surface area contributed by atoms with Gasteiger partial charge < -0.3 is 5.11 Å². The molecule has 0 aliphatic rings. The van der Waals surface area contributed by atoms with Crippen LogP contribution < -0.4 is 0 Å². The maximum Gasteiger partial charge on any atom is 0.303 e. The third kappa shape index (κ3) is 6.39. The molecule has 0 aromatic heterocycles. The fraction of sp³-hybridized carbons (Fsp3) is 0.889. The number of carbonyl (C=O) groups is 1. The molecule has 1 N–H and O–H groups in total. The summed E-state index contributed by atoms with van der Waals surface area (Å²) in [5.74, 6) is -0.965. The van der Waals surface area contributed by atoms with Gasteiger partial charge in [-0.1, -0.05) is 19.8 Å². The molecule has 5 nitrogen and oxygen atoms in total. The van der Waals surface area contributed by atoms with Crippen LogP contribution in [0.3, 0.4) is 0 Å². The molecule has 1 atom stereocenters. The van der Waals surface area contributed by atoms with Crippen molar-refractivity contribution in [2.24, 2.45) is 0 Å². The van der Waals surface area contributed by atoms with E-state index in [-0.39, 0.29) is 17.8 Å². The first kappa shape index (κ1) is 12.9. The number of nitro groups is 1. The molecule has 14 heavy (non-hydrogen) atoms. The van der Waals surface area contributed by atoms with Crippen molar-refractivity contribution >= 4 is 5.97 Å². The van der Waals surface area contributed by atoms with E-state index >= 15 is 0 Å². The minimum absolute atomic E-state index is 0.113. The van der Waals surface area contributed by atoms with Gasteiger partial charge in [0, 0.05) is 17.8 Å². The number of rotatable bonds is 8. The monoisotopic (exact) mass is 203 g/mol. The Bertz CT molecular complexity index is 193. The van der Waals surface area contributed by atoms with Gasteiger partial charge in [0.05, 0.1) is 6.42 Å². The summed E-state index contributed by atoms with van der Waals surface area (Å²) in [6.45, 7) is 2.03. The summed E-state index contributed by atoms with van der Waals surface area (Å²) in [5.41, 5.74) is 0. The lowest BCUT2D eigenvalue weighted by Gasteiger charge is -2.07. The van der Waals surface area contributed by atoms with Crippen LogP contribution in [-0.2, 0) is 4.79 Å². The van der Waals surface area contributed by atoms with Gasteiger partial charge in [0.2, 0.25) is 6.04 Å². The Morgan fingerprint density at radius 3 is 2.50 bits per heavy atom. The number of carboxylic acid groups (broad SMARTS) is 1. The van der Waals surface area contributed by atoms with E-state index in [2.05, 4.69) is 0 Å². The van der Waals surface area contributed by atoms with Crippen molar-refractivity contribution in [3.8, 4) is 0 Å². The predicted octanol–water partition coefficient (Wildman–Crippen LogP) is 2.08. The molecule has 0 rings (SSSR count). The molecule has 0 aliphatic heterocycles. The van der Waals surface area contributed by atoms with Crippen LogP contribution in [0, 0.1) is 10.1 Å². The molecule has 0 bridgehead atoms. The average molecular weight is 203 g/mol. The number of hydrogen-bond donors (Lipinski definition) is 1. The zero-order chi connectivity index (χ0) is 11.0. The molecule has 0 fully saturated rings. The SMILES string of the molecule is CCCCCC(CCC(=O)O)[N+](=O)[O-]. The summed E-state index contributed by atoms with van der Waals surface area (Å²) in [6.07, 6.45) is 3.32. The molecule has 5 heteroatoms. The summed E-state index contributed by atoms with van der Waals surface area (Å²) in [5, 5.41) is 18.9. The van der Waals surface area contributed by atoms with Gasteiger partial charge in [-0.15, -0.1) is 0 Å². The smallest absolute Gasteiger partial charge is 0.303 e. The molecule has 0 amide bonds. The highest BCUT2D eigenvalue weighted by molar-refractivity contribution is 5.66. The van der Waals surface area contributed by atoms with Crippen molar-refractivity contribution in [3.05, 3.63) is 10.1 Å². The van der Waals surface area contributed by atoms with Crippen LogP contribution in [0.15, 0.2) is 0 Å². The van der Waals surface area contributed by atoms with E-state index in [1.807, 2.05) is 6.92 Å². The second kappa shape index (κ2) is 7.29. The van der Waals surface area contributed by atoms with Gasteiger partial charge in [0.15, 0.2) is 0 Å². The van der Waals surface area contributed by atoms with Crippen molar-refractivity contribution in [1.29, 1.82) is 0 Å². The van der Waals surface area contributed by atoms with Crippen LogP contribution in [0.25, 0.3) is 0 Å². The number of carboxylic acids is 1. The highest BCUT2D eigenvalue weighted by Crippen LogP contribution is 2.11. The molecule has 0 spiro atoms. The van der Waals surface area contributed by atoms with E-state index in [9.17, 15) is 14.9 Å². The van der Waals surface area contributed by atoms with Gasteiger partial charge in [0.1, 0.15) is 0 Å². The normalized spacial score (nSPS) is 12.4. The Morgan fingerprint density at radius 2 is 2.07 bits per heavy atom. The average Bonchev–Trinajstić information content (AvgIpc) is 2.10. The van der Waals surface area contributed by atoms with Crippen LogP contribution in [0.1, 0.15) is 45.4 Å². The van der Waals surface area contributed by atoms with Gasteiger partial charge in [-0.2, -0.15) is 0 Å². The maximum absolute atomic E-state index is 10.5. The van der Waals surface area contributed by atoms with E-state index in [0.717, 1.165) is 19.3 Å². The molecule has 1 unspecified atom stereocenters. The van der Waals surface area contributed by atoms with Crippen LogP contribution in [0.2, 0.25) is 0 Å². The Morgan fingerprint density at radius 1 is 1.43 bits per heavy atom. The number of unbranched alkanes of at least 4 members (excludes halogenated alkanes) is 2. The first-order valence-electron chi connectivity index (χ1n) is 4.93. The summed E-state index contributed by atoms with van der Waals surface area (Å²) in [7, 11) is 0. The molecule has 0 heterocycles. The Hall–Kier alpha value is -1.13. The van der Waals surface area contributed by atoms with Crippen LogP contribution in [0.4, 0.5) is 0 Å². The fourth-order valence-corrected chi connectivity index (χ4v) is 1.28. The van der Waals surface area contributed by atoms with E-state index in [1.165, 1.54) is 0 Å². The second-order valence-electron chi connectivity index (χ2n) is 3.37. The molecule has 0 aromatic carbocycles. The lowest BCUT2D eigenvalue weighted by atomic mass is 10.0. The van der Waals surface area contributed by atoms with Gasteiger partial charge in [-0.25, -0.2) is 0 Å². The first-order chi connectivity index (χ1) is 6.57. The summed E-state index contributed by atoms with van der Waals surface area (Å²) in [6, 6.07) is -0.683. The van der Waals surface area contributed by atoms with Crippen molar-refractivity contribution in [2.75, 3.05) is 0 Å². The zero-order valence-corrected chi connectivity index (χ0v) is 8.44. The largest absolute Gasteiger partial charge is 0.481 e. The second-order valence-corrected chi connectivity index (χ2v) is 3.37. The molecule has 0 aromatic rings. The van der Waals surface area contributed by atoms with Crippen LogP contribution >= 0.6 is 0 Å². The quantitative estimate of drug-likeness (QED) is 0.372. The predicted molar refractivity (Wildman–Crippen MR) is 51.8 cm³/mol. The summed E-state index contributed by atoms with van der Waals surface area (Å²) < 4.78 is 0. The Balaban J connectivity index is 3.78. The number of aliphatic carboxylic acids is 1. The Labute approximate surface area is 83.3 Å². The third-order valence-electron chi connectivity index (χ3n) is 2.13. The standard InChI is InChI=1S/C9H17NO4/c1-2-3-4-5-8(10(13)14)6-7-9(11)12/h8H,2-7H2,1H3,(H,11,12). The highest BCUT2D eigenvalue weighted by Gasteiger charge is 2.20. The van der Waals surface area contributed by atoms with Crippen molar-refractivity contribution in [3.63, 3.8) is 0 Å². The molecule has 0 radical (unpaired) electrons. The van der Waals surface area contributed by atoms with E-state index in [1.54, 1.807) is 0 Å².